The number of likely N-dealkylation sites (tertiary alicyclic amines) is 1. The zero-order valence-electron chi connectivity index (χ0n) is 16.6. The second-order valence-corrected chi connectivity index (χ2v) is 8.46. The van der Waals surface area contributed by atoms with E-state index in [-0.39, 0.29) is 11.3 Å². The summed E-state index contributed by atoms with van der Waals surface area (Å²) >= 11 is 0. The molecule has 144 valence electrons. The van der Waals surface area contributed by atoms with Crippen molar-refractivity contribution in [2.24, 2.45) is 0 Å². The first-order valence-corrected chi connectivity index (χ1v) is 10.2. The van der Waals surface area contributed by atoms with Crippen LogP contribution in [0.15, 0.2) is 28.8 Å². The summed E-state index contributed by atoms with van der Waals surface area (Å²) in [7, 11) is 0. The maximum absolute atomic E-state index is 13.4. The van der Waals surface area contributed by atoms with Gasteiger partial charge in [0.05, 0.1) is 5.41 Å². The molecule has 1 amide bonds. The number of rotatable bonds is 4. The zero-order chi connectivity index (χ0) is 19.0. The second-order valence-electron chi connectivity index (χ2n) is 8.46. The van der Waals surface area contributed by atoms with Crippen LogP contribution in [0.5, 0.6) is 0 Å². The number of aryl methyl sites for hydroxylation is 1. The van der Waals surface area contributed by atoms with Gasteiger partial charge in [-0.25, -0.2) is 0 Å². The van der Waals surface area contributed by atoms with Crippen molar-refractivity contribution in [2.75, 3.05) is 13.1 Å². The first-order chi connectivity index (χ1) is 13.0. The summed E-state index contributed by atoms with van der Waals surface area (Å²) in [6, 6.07) is 8.75. The molecule has 1 saturated heterocycles. The molecule has 0 N–H and O–H groups in total. The molecule has 2 heterocycles. The van der Waals surface area contributed by atoms with Gasteiger partial charge in [-0.05, 0) is 49.7 Å². The molecule has 1 saturated carbocycles. The molecule has 2 fully saturated rings. The lowest BCUT2D eigenvalue weighted by Crippen LogP contribution is -2.52. The molecule has 1 aliphatic carbocycles. The van der Waals surface area contributed by atoms with Gasteiger partial charge in [-0.3, -0.25) is 4.79 Å². The molecule has 1 aromatic carbocycles. The Kier molecular flexibility index (Phi) is 4.79. The molecule has 0 unspecified atom stereocenters. The van der Waals surface area contributed by atoms with E-state index in [1.165, 1.54) is 11.1 Å². The summed E-state index contributed by atoms with van der Waals surface area (Å²) < 4.78 is 5.33. The molecule has 0 spiro atoms. The van der Waals surface area contributed by atoms with E-state index in [1.807, 2.05) is 6.92 Å². The normalized spacial score (nSPS) is 19.9. The zero-order valence-corrected chi connectivity index (χ0v) is 16.6. The lowest BCUT2D eigenvalue weighted by molar-refractivity contribution is -0.142. The Morgan fingerprint density at radius 2 is 1.85 bits per heavy atom. The third kappa shape index (κ3) is 3.28. The van der Waals surface area contributed by atoms with Gasteiger partial charge in [0.2, 0.25) is 11.8 Å². The number of benzene rings is 1. The molecule has 27 heavy (non-hydrogen) atoms. The van der Waals surface area contributed by atoms with Crippen LogP contribution in [0.3, 0.4) is 0 Å². The van der Waals surface area contributed by atoms with Crippen LogP contribution in [-0.4, -0.2) is 34.0 Å². The molecule has 0 atom stereocenters. The second kappa shape index (κ2) is 7.10. The van der Waals surface area contributed by atoms with Crippen LogP contribution in [-0.2, 0) is 10.2 Å². The van der Waals surface area contributed by atoms with Gasteiger partial charge in [0, 0.05) is 19.0 Å². The molecule has 2 aliphatic rings. The van der Waals surface area contributed by atoms with Crippen molar-refractivity contribution in [1.82, 2.24) is 15.0 Å². The molecule has 1 aliphatic heterocycles. The molecular weight excluding hydrogens is 338 g/mol. The van der Waals surface area contributed by atoms with Gasteiger partial charge in [-0.2, -0.15) is 4.98 Å². The van der Waals surface area contributed by atoms with Crippen molar-refractivity contribution in [3.05, 3.63) is 47.1 Å². The van der Waals surface area contributed by atoms with E-state index >= 15 is 0 Å². The summed E-state index contributed by atoms with van der Waals surface area (Å²) in [5.41, 5.74) is 2.22. The molecule has 1 aromatic heterocycles. The summed E-state index contributed by atoms with van der Waals surface area (Å²) in [5, 5.41) is 3.90. The largest absolute Gasteiger partial charge is 0.342 e. The fourth-order valence-corrected chi connectivity index (χ4v) is 4.45. The SMILES string of the molecule is Cc1noc(C2CCN(C(=O)C3(c4ccc(C(C)C)cc4)CCC3)CC2)n1. The van der Waals surface area contributed by atoms with Crippen LogP contribution in [0.2, 0.25) is 0 Å². The van der Waals surface area contributed by atoms with E-state index in [2.05, 4.69) is 53.2 Å². The van der Waals surface area contributed by atoms with Crippen LogP contribution >= 0.6 is 0 Å². The molecule has 2 aromatic rings. The van der Waals surface area contributed by atoms with Gasteiger partial charge in [-0.15, -0.1) is 0 Å². The van der Waals surface area contributed by atoms with Crippen molar-refractivity contribution in [1.29, 1.82) is 0 Å². The number of carbonyl (C=O) groups is 1. The Morgan fingerprint density at radius 1 is 1.19 bits per heavy atom. The van der Waals surface area contributed by atoms with Crippen LogP contribution in [0.1, 0.15) is 80.6 Å². The molecule has 0 radical (unpaired) electrons. The van der Waals surface area contributed by atoms with E-state index in [4.69, 9.17) is 4.52 Å². The number of hydrogen-bond donors (Lipinski definition) is 0. The van der Waals surface area contributed by atoms with Gasteiger partial charge in [0.25, 0.3) is 0 Å². The minimum Gasteiger partial charge on any atom is -0.342 e. The van der Waals surface area contributed by atoms with E-state index in [1.54, 1.807) is 0 Å². The average molecular weight is 367 g/mol. The number of nitrogens with zero attached hydrogens (tertiary/aromatic N) is 3. The number of amides is 1. The fourth-order valence-electron chi connectivity index (χ4n) is 4.45. The molecule has 5 heteroatoms. The minimum atomic E-state index is -0.302. The van der Waals surface area contributed by atoms with Crippen molar-refractivity contribution in [3.8, 4) is 0 Å². The smallest absolute Gasteiger partial charge is 0.233 e. The number of aromatic nitrogens is 2. The topological polar surface area (TPSA) is 59.2 Å². The minimum absolute atomic E-state index is 0.276. The van der Waals surface area contributed by atoms with Crippen molar-refractivity contribution in [2.45, 2.75) is 70.1 Å². The Morgan fingerprint density at radius 3 is 2.33 bits per heavy atom. The molecular formula is C22H29N3O2. The summed E-state index contributed by atoms with van der Waals surface area (Å²) in [5.74, 6) is 2.51. The van der Waals surface area contributed by atoms with Crippen LogP contribution < -0.4 is 0 Å². The number of hydrogen-bond acceptors (Lipinski definition) is 4. The first kappa shape index (κ1) is 18.2. The molecule has 5 nitrogen and oxygen atoms in total. The monoisotopic (exact) mass is 367 g/mol. The highest BCUT2D eigenvalue weighted by Crippen LogP contribution is 2.46. The number of piperidine rings is 1. The molecule has 4 rings (SSSR count). The Labute approximate surface area is 161 Å². The van der Waals surface area contributed by atoms with E-state index in [0.29, 0.717) is 17.6 Å². The summed E-state index contributed by atoms with van der Waals surface area (Å²) in [6.07, 6.45) is 4.87. The Balaban J connectivity index is 1.46. The summed E-state index contributed by atoms with van der Waals surface area (Å²) in [6.45, 7) is 7.80. The van der Waals surface area contributed by atoms with Gasteiger partial charge < -0.3 is 9.42 Å². The third-order valence-electron chi connectivity index (χ3n) is 6.42. The highest BCUT2D eigenvalue weighted by Gasteiger charge is 2.48. The standard InChI is InChI=1S/C22H29N3O2/c1-15(2)17-5-7-19(8-6-17)22(11-4-12-22)21(26)25-13-9-18(10-14-25)20-23-16(3)24-27-20/h5-8,15,18H,4,9-14H2,1-3H3. The average Bonchev–Trinajstić information content (AvgIpc) is 3.08. The predicted molar refractivity (Wildman–Crippen MR) is 104 cm³/mol. The van der Waals surface area contributed by atoms with Crippen LogP contribution in [0, 0.1) is 6.92 Å². The van der Waals surface area contributed by atoms with Crippen LogP contribution in [0.25, 0.3) is 0 Å². The van der Waals surface area contributed by atoms with Crippen LogP contribution in [0.4, 0.5) is 0 Å². The van der Waals surface area contributed by atoms with Crippen molar-refractivity contribution < 1.29 is 9.32 Å². The highest BCUT2D eigenvalue weighted by molar-refractivity contribution is 5.89. The van der Waals surface area contributed by atoms with Gasteiger partial charge in [0.15, 0.2) is 5.82 Å². The molecule has 0 bridgehead atoms. The van der Waals surface area contributed by atoms with Crippen molar-refractivity contribution >= 4 is 5.91 Å². The van der Waals surface area contributed by atoms with Gasteiger partial charge in [0.1, 0.15) is 0 Å². The van der Waals surface area contributed by atoms with Gasteiger partial charge in [-0.1, -0.05) is 49.7 Å². The Hall–Kier alpha value is -2.17. The van der Waals surface area contributed by atoms with Gasteiger partial charge >= 0.3 is 0 Å². The first-order valence-electron chi connectivity index (χ1n) is 10.2. The maximum Gasteiger partial charge on any atom is 0.233 e. The lowest BCUT2D eigenvalue weighted by Gasteiger charge is -2.45. The third-order valence-corrected chi connectivity index (χ3v) is 6.42. The Bertz CT molecular complexity index is 797. The van der Waals surface area contributed by atoms with Crippen molar-refractivity contribution in [3.63, 3.8) is 0 Å². The summed E-state index contributed by atoms with van der Waals surface area (Å²) in [4.78, 5) is 19.9. The lowest BCUT2D eigenvalue weighted by atomic mass is 9.63. The highest BCUT2D eigenvalue weighted by atomic mass is 16.5. The fraction of sp³-hybridized carbons (Fsp3) is 0.591. The quantitative estimate of drug-likeness (QED) is 0.807. The maximum atomic E-state index is 13.4. The van der Waals surface area contributed by atoms with E-state index < -0.39 is 0 Å². The number of carbonyl (C=O) groups excluding carboxylic acids is 1. The van der Waals surface area contributed by atoms with E-state index in [9.17, 15) is 4.79 Å². The van der Waals surface area contributed by atoms with E-state index in [0.717, 1.165) is 51.1 Å². The predicted octanol–water partition coefficient (Wildman–Crippen LogP) is 4.33.